The molecule has 0 saturated heterocycles. The first-order valence-corrected chi connectivity index (χ1v) is 5.78. The molecule has 2 heteroatoms. The number of benzene rings is 1. The first-order valence-electron chi connectivity index (χ1n) is 4.70. The first kappa shape index (κ1) is 9.77. The van der Waals surface area contributed by atoms with Crippen molar-refractivity contribution in [3.05, 3.63) is 57.9 Å². The summed E-state index contributed by atoms with van der Waals surface area (Å²) in [5.41, 5.74) is 1.43. The second kappa shape index (κ2) is 4.64. The fourth-order valence-electron chi connectivity index (χ4n) is 1.47. The molecule has 0 fully saturated rings. The van der Waals surface area contributed by atoms with Crippen molar-refractivity contribution >= 4 is 22.6 Å². The van der Waals surface area contributed by atoms with Crippen LogP contribution in [0, 0.1) is 3.57 Å². The molecule has 0 amide bonds. The fraction of sp³-hybridized carbons (Fsp3) is 0.167. The van der Waals surface area contributed by atoms with Gasteiger partial charge in [-0.3, -0.25) is 0 Å². The van der Waals surface area contributed by atoms with E-state index >= 15 is 0 Å². The van der Waals surface area contributed by atoms with Crippen LogP contribution in [0.2, 0.25) is 0 Å². The smallest absolute Gasteiger partial charge is 0.0260 e. The van der Waals surface area contributed by atoms with Gasteiger partial charge in [0.2, 0.25) is 0 Å². The summed E-state index contributed by atoms with van der Waals surface area (Å²) in [5.74, 6) is 0. The number of halogens is 1. The highest BCUT2D eigenvalue weighted by atomic mass is 127. The average molecular weight is 297 g/mol. The van der Waals surface area contributed by atoms with Crippen molar-refractivity contribution in [2.24, 2.45) is 0 Å². The number of rotatable bonds is 3. The van der Waals surface area contributed by atoms with Crippen LogP contribution in [0.4, 0.5) is 0 Å². The monoisotopic (exact) mass is 297 g/mol. The Morgan fingerprint density at radius 1 is 1.00 bits per heavy atom. The van der Waals surface area contributed by atoms with Crippen LogP contribution in [-0.2, 0) is 13.0 Å². The van der Waals surface area contributed by atoms with Gasteiger partial charge in [0, 0.05) is 22.5 Å². The van der Waals surface area contributed by atoms with Gasteiger partial charge in [0.25, 0.3) is 0 Å². The Labute approximate surface area is 97.9 Å². The van der Waals surface area contributed by atoms with E-state index in [-0.39, 0.29) is 0 Å². The van der Waals surface area contributed by atoms with Gasteiger partial charge in [-0.1, -0.05) is 18.2 Å². The predicted molar refractivity (Wildman–Crippen MR) is 67.3 cm³/mol. The Balaban J connectivity index is 2.02. The lowest BCUT2D eigenvalue weighted by Gasteiger charge is -2.05. The third-order valence-corrected chi connectivity index (χ3v) is 3.32. The lowest BCUT2D eigenvalue weighted by molar-refractivity contribution is 0.699. The van der Waals surface area contributed by atoms with Crippen LogP contribution in [0.25, 0.3) is 0 Å². The number of aromatic nitrogens is 1. The summed E-state index contributed by atoms with van der Waals surface area (Å²) in [4.78, 5) is 0. The molecule has 0 aliphatic heterocycles. The van der Waals surface area contributed by atoms with Crippen molar-refractivity contribution < 1.29 is 0 Å². The molecule has 72 valence electrons. The molecule has 0 aliphatic carbocycles. The van der Waals surface area contributed by atoms with Crippen LogP contribution < -0.4 is 0 Å². The van der Waals surface area contributed by atoms with E-state index < -0.39 is 0 Å². The number of nitrogens with zero attached hydrogens (tertiary/aromatic N) is 1. The van der Waals surface area contributed by atoms with E-state index in [4.69, 9.17) is 0 Å². The van der Waals surface area contributed by atoms with E-state index in [1.54, 1.807) is 0 Å². The minimum Gasteiger partial charge on any atom is -0.354 e. The molecule has 0 radical (unpaired) electrons. The van der Waals surface area contributed by atoms with Gasteiger partial charge in [-0.2, -0.15) is 0 Å². The summed E-state index contributed by atoms with van der Waals surface area (Å²) in [6, 6.07) is 12.7. The predicted octanol–water partition coefficient (Wildman–Crippen LogP) is 3.34. The van der Waals surface area contributed by atoms with Crippen molar-refractivity contribution in [2.45, 2.75) is 13.0 Å². The van der Waals surface area contributed by atoms with E-state index in [9.17, 15) is 0 Å². The lowest BCUT2D eigenvalue weighted by atomic mass is 10.1. The molecule has 0 N–H and O–H groups in total. The van der Waals surface area contributed by atoms with E-state index in [2.05, 4.69) is 75.9 Å². The summed E-state index contributed by atoms with van der Waals surface area (Å²) >= 11 is 2.39. The molecular weight excluding hydrogens is 285 g/mol. The van der Waals surface area contributed by atoms with Crippen molar-refractivity contribution in [1.82, 2.24) is 4.57 Å². The minimum atomic E-state index is 1.06. The second-order valence-electron chi connectivity index (χ2n) is 3.26. The zero-order chi connectivity index (χ0) is 9.80. The summed E-state index contributed by atoms with van der Waals surface area (Å²) in [7, 11) is 0. The summed E-state index contributed by atoms with van der Waals surface area (Å²) in [5, 5.41) is 0. The van der Waals surface area contributed by atoms with Crippen LogP contribution in [0.5, 0.6) is 0 Å². The first-order chi connectivity index (χ1) is 6.86. The Kier molecular flexibility index (Phi) is 3.24. The van der Waals surface area contributed by atoms with Crippen molar-refractivity contribution in [3.8, 4) is 0 Å². The molecule has 2 aromatic rings. The molecular formula is C12H12IN. The normalized spacial score (nSPS) is 10.4. The highest BCUT2D eigenvalue weighted by Crippen LogP contribution is 2.12. The SMILES string of the molecule is Ic1ccccc1CCn1cccc1. The van der Waals surface area contributed by atoms with Crippen LogP contribution in [0.15, 0.2) is 48.8 Å². The van der Waals surface area contributed by atoms with Gasteiger partial charge in [0.15, 0.2) is 0 Å². The third-order valence-electron chi connectivity index (χ3n) is 2.26. The van der Waals surface area contributed by atoms with Gasteiger partial charge in [-0.05, 0) is 52.8 Å². The zero-order valence-electron chi connectivity index (χ0n) is 7.86. The van der Waals surface area contributed by atoms with Crippen molar-refractivity contribution in [2.75, 3.05) is 0 Å². The van der Waals surface area contributed by atoms with Gasteiger partial charge in [-0.25, -0.2) is 0 Å². The van der Waals surface area contributed by atoms with Gasteiger partial charge in [-0.15, -0.1) is 0 Å². The Bertz CT molecular complexity index is 392. The van der Waals surface area contributed by atoms with Gasteiger partial charge in [0.1, 0.15) is 0 Å². The van der Waals surface area contributed by atoms with Gasteiger partial charge < -0.3 is 4.57 Å². The Morgan fingerprint density at radius 2 is 1.71 bits per heavy atom. The number of hydrogen-bond acceptors (Lipinski definition) is 0. The molecule has 0 unspecified atom stereocenters. The summed E-state index contributed by atoms with van der Waals surface area (Å²) in [6.45, 7) is 1.06. The molecule has 0 atom stereocenters. The van der Waals surface area contributed by atoms with E-state index in [0.29, 0.717) is 0 Å². The molecule has 2 rings (SSSR count). The minimum absolute atomic E-state index is 1.06. The average Bonchev–Trinajstić information content (AvgIpc) is 2.69. The van der Waals surface area contributed by atoms with Crippen LogP contribution >= 0.6 is 22.6 Å². The Morgan fingerprint density at radius 3 is 2.43 bits per heavy atom. The lowest BCUT2D eigenvalue weighted by Crippen LogP contribution is -1.99. The molecule has 1 aromatic carbocycles. The maximum absolute atomic E-state index is 2.39. The standard InChI is InChI=1S/C12H12IN/c13-12-6-2-1-5-11(12)7-10-14-8-3-4-9-14/h1-6,8-9H,7,10H2. The molecule has 0 bridgehead atoms. The maximum atomic E-state index is 2.39. The summed E-state index contributed by atoms with van der Waals surface area (Å²) < 4.78 is 3.57. The molecule has 1 aromatic heterocycles. The number of hydrogen-bond donors (Lipinski definition) is 0. The molecule has 1 heterocycles. The quantitative estimate of drug-likeness (QED) is 0.766. The second-order valence-corrected chi connectivity index (χ2v) is 4.42. The van der Waals surface area contributed by atoms with Crippen LogP contribution in [-0.4, -0.2) is 4.57 Å². The highest BCUT2D eigenvalue weighted by Gasteiger charge is 1.97. The van der Waals surface area contributed by atoms with E-state index in [1.807, 2.05) is 0 Å². The van der Waals surface area contributed by atoms with E-state index in [1.165, 1.54) is 9.13 Å². The molecule has 0 aliphatic rings. The molecule has 0 saturated carbocycles. The van der Waals surface area contributed by atoms with Crippen LogP contribution in [0.3, 0.4) is 0 Å². The molecule has 0 spiro atoms. The summed E-state index contributed by atoms with van der Waals surface area (Å²) in [6.07, 6.45) is 5.32. The number of aryl methyl sites for hydroxylation is 2. The zero-order valence-corrected chi connectivity index (χ0v) is 10.0. The molecule has 1 nitrogen and oxygen atoms in total. The van der Waals surface area contributed by atoms with Gasteiger partial charge >= 0.3 is 0 Å². The maximum Gasteiger partial charge on any atom is 0.0260 e. The third kappa shape index (κ3) is 2.38. The topological polar surface area (TPSA) is 4.93 Å². The molecule has 14 heavy (non-hydrogen) atoms. The fourth-order valence-corrected chi connectivity index (χ4v) is 2.13. The van der Waals surface area contributed by atoms with Crippen molar-refractivity contribution in [1.29, 1.82) is 0 Å². The van der Waals surface area contributed by atoms with Crippen LogP contribution in [0.1, 0.15) is 5.56 Å². The Hall–Kier alpha value is -0.770. The van der Waals surface area contributed by atoms with Gasteiger partial charge in [0.05, 0.1) is 0 Å². The largest absolute Gasteiger partial charge is 0.354 e. The van der Waals surface area contributed by atoms with E-state index in [0.717, 1.165) is 13.0 Å². The van der Waals surface area contributed by atoms with Crippen molar-refractivity contribution in [3.63, 3.8) is 0 Å². The highest BCUT2D eigenvalue weighted by molar-refractivity contribution is 14.1.